The molecule has 0 aliphatic carbocycles. The Bertz CT molecular complexity index is 162. The summed E-state index contributed by atoms with van der Waals surface area (Å²) < 4.78 is 39.3. The van der Waals surface area contributed by atoms with Crippen molar-refractivity contribution in [2.45, 2.75) is 37.8 Å². The van der Waals surface area contributed by atoms with Crippen LogP contribution in [0.2, 0.25) is 0 Å². The lowest BCUT2D eigenvalue weighted by Crippen LogP contribution is -2.18. The monoisotopic (exact) mass is 246 g/mol. The molecule has 0 spiro atoms. The molecule has 0 aromatic heterocycles. The van der Waals surface area contributed by atoms with Crippen molar-refractivity contribution in [2.24, 2.45) is 0 Å². The van der Waals surface area contributed by atoms with Gasteiger partial charge in [0.25, 0.3) is 0 Å². The first kappa shape index (κ1) is 15.1. The van der Waals surface area contributed by atoms with E-state index in [0.29, 0.717) is 12.2 Å². The molecule has 0 aliphatic rings. The van der Waals surface area contributed by atoms with Gasteiger partial charge in [-0.2, -0.15) is 24.9 Å². The summed E-state index contributed by atoms with van der Waals surface area (Å²) in [6, 6.07) is 0. The predicted octanol–water partition coefficient (Wildman–Crippen LogP) is 2.46. The minimum absolute atomic E-state index is 0.104. The second-order valence-corrected chi connectivity index (χ2v) is 4.82. The smallest absolute Gasteiger partial charge is 0.392 e. The highest BCUT2D eigenvalue weighted by molar-refractivity contribution is 7.99. The number of halogens is 3. The van der Waals surface area contributed by atoms with Crippen LogP contribution in [0.3, 0.4) is 0 Å². The third kappa shape index (κ3) is 10.3. The second kappa shape index (κ2) is 7.35. The largest absolute Gasteiger partial charge is 0.411 e. The Morgan fingerprint density at radius 3 is 2.40 bits per heavy atom. The molecule has 0 aromatic rings. The molecule has 2 atom stereocenters. The van der Waals surface area contributed by atoms with Gasteiger partial charge in [0.05, 0.1) is 6.10 Å². The molecule has 0 aliphatic heterocycles. The van der Waals surface area contributed by atoms with Gasteiger partial charge in [0, 0.05) is 11.9 Å². The van der Waals surface area contributed by atoms with Crippen molar-refractivity contribution in [2.75, 3.05) is 19.0 Å². The normalized spacial score (nSPS) is 16.4. The van der Waals surface area contributed by atoms with Crippen molar-refractivity contribution >= 4 is 11.8 Å². The molecular formula is C9H17F3O2S. The van der Waals surface area contributed by atoms with E-state index in [4.69, 9.17) is 5.11 Å². The number of alkyl halides is 3. The third-order valence-electron chi connectivity index (χ3n) is 1.76. The lowest BCUT2D eigenvalue weighted by molar-refractivity contribution is -0.173. The summed E-state index contributed by atoms with van der Waals surface area (Å²) in [6.07, 6.45) is -4.07. The van der Waals surface area contributed by atoms with Crippen LogP contribution in [-0.4, -0.2) is 41.6 Å². The van der Waals surface area contributed by atoms with Gasteiger partial charge in [-0.05, 0) is 19.1 Å². The van der Waals surface area contributed by atoms with E-state index in [1.807, 2.05) is 6.92 Å². The fourth-order valence-electron chi connectivity index (χ4n) is 0.757. The molecule has 0 bridgehead atoms. The fraction of sp³-hybridized carbons (Fsp3) is 1.00. The van der Waals surface area contributed by atoms with E-state index in [0.717, 1.165) is 0 Å². The first-order chi connectivity index (χ1) is 6.83. The number of aliphatic hydroxyl groups is 1. The van der Waals surface area contributed by atoms with Crippen LogP contribution in [0.5, 0.6) is 0 Å². The van der Waals surface area contributed by atoms with Gasteiger partial charge in [-0.15, -0.1) is 0 Å². The predicted molar refractivity (Wildman–Crippen MR) is 55.1 cm³/mol. The molecule has 15 heavy (non-hydrogen) atoms. The molecule has 1 N–H and O–H groups in total. The first-order valence-corrected chi connectivity index (χ1v) is 5.82. The topological polar surface area (TPSA) is 29.5 Å². The van der Waals surface area contributed by atoms with E-state index < -0.39 is 18.9 Å². The summed E-state index contributed by atoms with van der Waals surface area (Å²) in [6.45, 7) is 2.51. The standard InChI is InChI=1S/C9H17F3O2S/c1-7(13)8(2)15-5-3-4-14-6-9(10,11)12/h7-8,13H,3-6H2,1-2H3. The molecule has 2 nitrogen and oxygen atoms in total. The molecule has 0 aromatic carbocycles. The summed E-state index contributed by atoms with van der Waals surface area (Å²) >= 11 is 1.53. The van der Waals surface area contributed by atoms with Crippen LogP contribution in [-0.2, 0) is 4.74 Å². The summed E-state index contributed by atoms with van der Waals surface area (Å²) in [5.41, 5.74) is 0. The average Bonchev–Trinajstić information content (AvgIpc) is 2.08. The quantitative estimate of drug-likeness (QED) is 0.700. The third-order valence-corrected chi connectivity index (χ3v) is 3.20. The molecule has 0 heterocycles. The highest BCUT2D eigenvalue weighted by Crippen LogP contribution is 2.16. The van der Waals surface area contributed by atoms with Crippen LogP contribution in [0.1, 0.15) is 20.3 Å². The lowest BCUT2D eigenvalue weighted by atomic mass is 10.3. The van der Waals surface area contributed by atoms with E-state index >= 15 is 0 Å². The van der Waals surface area contributed by atoms with Crippen molar-refractivity contribution in [1.82, 2.24) is 0 Å². The van der Waals surface area contributed by atoms with Crippen molar-refractivity contribution in [3.05, 3.63) is 0 Å². The highest BCUT2D eigenvalue weighted by atomic mass is 32.2. The molecule has 6 heteroatoms. The van der Waals surface area contributed by atoms with E-state index in [9.17, 15) is 13.2 Å². The summed E-state index contributed by atoms with van der Waals surface area (Å²) in [5, 5.41) is 9.23. The Morgan fingerprint density at radius 2 is 1.93 bits per heavy atom. The van der Waals surface area contributed by atoms with Gasteiger partial charge in [-0.25, -0.2) is 0 Å². The van der Waals surface area contributed by atoms with Crippen LogP contribution in [0.15, 0.2) is 0 Å². The summed E-state index contributed by atoms with van der Waals surface area (Å²) in [4.78, 5) is 0. The van der Waals surface area contributed by atoms with Crippen molar-refractivity contribution in [1.29, 1.82) is 0 Å². The van der Waals surface area contributed by atoms with Gasteiger partial charge >= 0.3 is 6.18 Å². The van der Waals surface area contributed by atoms with Gasteiger partial charge in [0.1, 0.15) is 6.61 Å². The van der Waals surface area contributed by atoms with Gasteiger partial charge < -0.3 is 9.84 Å². The van der Waals surface area contributed by atoms with Crippen LogP contribution >= 0.6 is 11.8 Å². The molecule has 0 saturated heterocycles. The maximum atomic E-state index is 11.6. The van der Waals surface area contributed by atoms with Crippen LogP contribution < -0.4 is 0 Å². The number of thioether (sulfide) groups is 1. The minimum atomic E-state index is -4.24. The number of hydrogen-bond donors (Lipinski definition) is 1. The second-order valence-electron chi connectivity index (χ2n) is 3.34. The minimum Gasteiger partial charge on any atom is -0.392 e. The number of hydrogen-bond acceptors (Lipinski definition) is 3. The average molecular weight is 246 g/mol. The molecule has 92 valence electrons. The molecule has 0 saturated carbocycles. The van der Waals surface area contributed by atoms with E-state index in [2.05, 4.69) is 4.74 Å². The van der Waals surface area contributed by atoms with E-state index in [1.54, 1.807) is 6.92 Å². The van der Waals surface area contributed by atoms with Crippen molar-refractivity contribution in [3.63, 3.8) is 0 Å². The molecular weight excluding hydrogens is 229 g/mol. The maximum Gasteiger partial charge on any atom is 0.411 e. The Kier molecular flexibility index (Phi) is 7.38. The van der Waals surface area contributed by atoms with Gasteiger partial charge in [0.2, 0.25) is 0 Å². The Labute approximate surface area is 92.2 Å². The van der Waals surface area contributed by atoms with Crippen molar-refractivity contribution in [3.8, 4) is 0 Å². The molecule has 2 unspecified atom stereocenters. The lowest BCUT2D eigenvalue weighted by Gasteiger charge is -2.13. The molecule has 0 rings (SSSR count). The number of aliphatic hydroxyl groups excluding tert-OH is 1. The zero-order chi connectivity index (χ0) is 11.9. The zero-order valence-electron chi connectivity index (χ0n) is 8.88. The van der Waals surface area contributed by atoms with Gasteiger partial charge in [-0.1, -0.05) is 6.92 Å². The summed E-state index contributed by atoms with van der Waals surface area (Å²) in [7, 11) is 0. The van der Waals surface area contributed by atoms with Gasteiger partial charge in [0.15, 0.2) is 0 Å². The Balaban J connectivity index is 3.26. The number of rotatable bonds is 7. The Hall–Kier alpha value is 0.0600. The van der Waals surface area contributed by atoms with E-state index in [-0.39, 0.29) is 11.9 Å². The zero-order valence-corrected chi connectivity index (χ0v) is 9.70. The van der Waals surface area contributed by atoms with E-state index in [1.165, 1.54) is 11.8 Å². The molecule has 0 fully saturated rings. The highest BCUT2D eigenvalue weighted by Gasteiger charge is 2.27. The fourth-order valence-corrected chi connectivity index (χ4v) is 1.69. The summed E-state index contributed by atoms with van der Waals surface area (Å²) in [5.74, 6) is 0.698. The molecule has 0 radical (unpaired) electrons. The SMILES string of the molecule is CC(O)C(C)SCCCOCC(F)(F)F. The van der Waals surface area contributed by atoms with Crippen LogP contribution in [0.25, 0.3) is 0 Å². The number of ether oxygens (including phenoxy) is 1. The van der Waals surface area contributed by atoms with Crippen LogP contribution in [0, 0.1) is 0 Å². The first-order valence-electron chi connectivity index (χ1n) is 4.77. The van der Waals surface area contributed by atoms with Gasteiger partial charge in [-0.3, -0.25) is 0 Å². The maximum absolute atomic E-state index is 11.6. The Morgan fingerprint density at radius 1 is 1.33 bits per heavy atom. The van der Waals surface area contributed by atoms with Crippen molar-refractivity contribution < 1.29 is 23.0 Å². The van der Waals surface area contributed by atoms with Crippen LogP contribution in [0.4, 0.5) is 13.2 Å². The molecule has 0 amide bonds.